The van der Waals surface area contributed by atoms with Gasteiger partial charge in [0.25, 0.3) is 0 Å². The summed E-state index contributed by atoms with van der Waals surface area (Å²) in [6, 6.07) is 2.77. The molecule has 4 heteroatoms. The number of hydrogen-bond acceptors (Lipinski definition) is 4. The Morgan fingerprint density at radius 1 is 1.25 bits per heavy atom. The van der Waals surface area contributed by atoms with E-state index in [4.69, 9.17) is 9.15 Å². The SMILES string of the molecule is c1cc(CN2CCN3C[C@H](OCC4CC4)C[C@@H]3C2)co1. The predicted octanol–water partition coefficient (Wildman–Crippen LogP) is 1.96. The normalized spacial score (nSPS) is 31.6. The van der Waals surface area contributed by atoms with Crippen LogP contribution in [0.5, 0.6) is 0 Å². The number of furan rings is 1. The third-order valence-electron chi connectivity index (χ3n) is 4.91. The Bertz CT molecular complexity index is 430. The van der Waals surface area contributed by atoms with Crippen LogP contribution in [-0.4, -0.2) is 54.7 Å². The maximum atomic E-state index is 6.08. The summed E-state index contributed by atoms with van der Waals surface area (Å²) in [6.07, 6.45) is 8.10. The van der Waals surface area contributed by atoms with Crippen LogP contribution in [0.3, 0.4) is 0 Å². The summed E-state index contributed by atoms with van der Waals surface area (Å²) in [5, 5.41) is 0. The fourth-order valence-electron chi connectivity index (χ4n) is 3.52. The molecule has 0 bridgehead atoms. The van der Waals surface area contributed by atoms with Crippen molar-refractivity contribution >= 4 is 0 Å². The molecule has 1 saturated carbocycles. The zero-order valence-corrected chi connectivity index (χ0v) is 12.0. The van der Waals surface area contributed by atoms with Gasteiger partial charge in [-0.25, -0.2) is 0 Å². The first-order valence-electron chi connectivity index (χ1n) is 7.96. The summed E-state index contributed by atoms with van der Waals surface area (Å²) in [6.45, 7) is 6.70. The number of hydrogen-bond donors (Lipinski definition) is 0. The molecule has 20 heavy (non-hydrogen) atoms. The number of nitrogens with zero attached hydrogens (tertiary/aromatic N) is 2. The quantitative estimate of drug-likeness (QED) is 0.822. The van der Waals surface area contributed by atoms with Crippen molar-refractivity contribution in [1.82, 2.24) is 9.80 Å². The zero-order valence-electron chi connectivity index (χ0n) is 12.0. The Kier molecular flexibility index (Phi) is 3.54. The zero-order chi connectivity index (χ0) is 13.4. The summed E-state index contributed by atoms with van der Waals surface area (Å²) in [7, 11) is 0. The van der Waals surface area contributed by atoms with Crippen LogP contribution in [-0.2, 0) is 11.3 Å². The van der Waals surface area contributed by atoms with E-state index in [1.54, 1.807) is 6.26 Å². The second-order valence-corrected chi connectivity index (χ2v) is 6.65. The van der Waals surface area contributed by atoms with E-state index in [0.29, 0.717) is 12.1 Å². The fraction of sp³-hybridized carbons (Fsp3) is 0.750. The largest absolute Gasteiger partial charge is 0.472 e. The highest BCUT2D eigenvalue weighted by atomic mass is 16.5. The molecule has 0 radical (unpaired) electrons. The molecule has 3 fully saturated rings. The maximum Gasteiger partial charge on any atom is 0.0947 e. The topological polar surface area (TPSA) is 28.9 Å². The molecule has 110 valence electrons. The van der Waals surface area contributed by atoms with Gasteiger partial charge >= 0.3 is 0 Å². The van der Waals surface area contributed by atoms with E-state index in [0.717, 1.165) is 32.2 Å². The van der Waals surface area contributed by atoms with Gasteiger partial charge in [-0.3, -0.25) is 9.80 Å². The molecule has 0 aromatic carbocycles. The van der Waals surface area contributed by atoms with Gasteiger partial charge in [-0.05, 0) is 31.2 Å². The maximum absolute atomic E-state index is 6.08. The third-order valence-corrected chi connectivity index (χ3v) is 4.91. The first-order chi connectivity index (χ1) is 9.87. The van der Waals surface area contributed by atoms with Crippen LogP contribution < -0.4 is 0 Å². The highest BCUT2D eigenvalue weighted by Crippen LogP contribution is 2.31. The van der Waals surface area contributed by atoms with E-state index >= 15 is 0 Å². The molecule has 2 atom stereocenters. The van der Waals surface area contributed by atoms with E-state index < -0.39 is 0 Å². The molecular formula is C16H24N2O2. The minimum Gasteiger partial charge on any atom is -0.472 e. The van der Waals surface area contributed by atoms with Crippen LogP contribution in [0.15, 0.2) is 23.0 Å². The van der Waals surface area contributed by atoms with Gasteiger partial charge in [0.1, 0.15) is 0 Å². The Labute approximate surface area is 120 Å². The molecule has 0 unspecified atom stereocenters. The van der Waals surface area contributed by atoms with E-state index in [2.05, 4.69) is 15.9 Å². The van der Waals surface area contributed by atoms with E-state index in [1.807, 2.05) is 6.26 Å². The number of fused-ring (bicyclic) bond motifs is 1. The Balaban J connectivity index is 1.28. The molecule has 2 aliphatic heterocycles. The number of rotatable bonds is 5. The van der Waals surface area contributed by atoms with Gasteiger partial charge in [-0.1, -0.05) is 0 Å². The highest BCUT2D eigenvalue weighted by Gasteiger charge is 2.37. The van der Waals surface area contributed by atoms with Gasteiger partial charge in [0.05, 0.1) is 18.6 Å². The number of ether oxygens (including phenoxy) is 1. The summed E-state index contributed by atoms with van der Waals surface area (Å²) < 4.78 is 11.2. The van der Waals surface area contributed by atoms with Crippen molar-refractivity contribution < 1.29 is 9.15 Å². The summed E-state index contributed by atoms with van der Waals surface area (Å²) in [4.78, 5) is 5.18. The molecule has 1 aromatic heterocycles. The van der Waals surface area contributed by atoms with Gasteiger partial charge in [0, 0.05) is 50.9 Å². The molecule has 4 nitrogen and oxygen atoms in total. The van der Waals surface area contributed by atoms with Crippen molar-refractivity contribution in [1.29, 1.82) is 0 Å². The molecule has 1 aromatic rings. The van der Waals surface area contributed by atoms with Crippen LogP contribution in [0.4, 0.5) is 0 Å². The van der Waals surface area contributed by atoms with Gasteiger partial charge in [-0.2, -0.15) is 0 Å². The fourth-order valence-corrected chi connectivity index (χ4v) is 3.52. The Morgan fingerprint density at radius 2 is 2.20 bits per heavy atom. The van der Waals surface area contributed by atoms with Crippen molar-refractivity contribution in [2.24, 2.45) is 5.92 Å². The second kappa shape index (κ2) is 5.51. The molecule has 4 rings (SSSR count). The van der Waals surface area contributed by atoms with Crippen molar-refractivity contribution in [3.63, 3.8) is 0 Å². The molecule has 0 N–H and O–H groups in total. The molecule has 1 aliphatic carbocycles. The van der Waals surface area contributed by atoms with E-state index in [1.165, 1.54) is 37.9 Å². The van der Waals surface area contributed by atoms with Crippen molar-refractivity contribution in [2.45, 2.75) is 38.0 Å². The first-order valence-corrected chi connectivity index (χ1v) is 7.96. The van der Waals surface area contributed by atoms with Crippen LogP contribution in [0.2, 0.25) is 0 Å². The average molecular weight is 276 g/mol. The lowest BCUT2D eigenvalue weighted by atomic mass is 10.1. The molecule has 2 saturated heterocycles. The summed E-state index contributed by atoms with van der Waals surface area (Å²) >= 11 is 0. The average Bonchev–Trinajstić information content (AvgIpc) is 2.97. The van der Waals surface area contributed by atoms with Crippen LogP contribution in [0, 0.1) is 5.92 Å². The van der Waals surface area contributed by atoms with Crippen LogP contribution in [0.1, 0.15) is 24.8 Å². The van der Waals surface area contributed by atoms with E-state index in [-0.39, 0.29) is 0 Å². The molecule has 3 aliphatic rings. The Morgan fingerprint density at radius 3 is 3.00 bits per heavy atom. The van der Waals surface area contributed by atoms with Gasteiger partial charge < -0.3 is 9.15 Å². The van der Waals surface area contributed by atoms with E-state index in [9.17, 15) is 0 Å². The molecule has 0 spiro atoms. The highest BCUT2D eigenvalue weighted by molar-refractivity contribution is 5.05. The standard InChI is InChI=1S/C16H24N2O2/c1-2-13(1)12-20-16-7-15-9-17(4-5-18(15)10-16)8-14-3-6-19-11-14/h3,6,11,13,15-16H,1-2,4-5,7-10,12H2/t15-,16-/m1/s1. The predicted molar refractivity (Wildman–Crippen MR) is 76.4 cm³/mol. The van der Waals surface area contributed by atoms with Crippen molar-refractivity contribution in [3.8, 4) is 0 Å². The van der Waals surface area contributed by atoms with Crippen molar-refractivity contribution in [2.75, 3.05) is 32.8 Å². The molecule has 0 amide bonds. The first kappa shape index (κ1) is 12.9. The summed E-state index contributed by atoms with van der Waals surface area (Å²) in [5.41, 5.74) is 1.29. The van der Waals surface area contributed by atoms with Gasteiger partial charge in [0.15, 0.2) is 0 Å². The van der Waals surface area contributed by atoms with Gasteiger partial charge in [0.2, 0.25) is 0 Å². The lowest BCUT2D eigenvalue weighted by Crippen LogP contribution is -2.49. The second-order valence-electron chi connectivity index (χ2n) is 6.65. The monoisotopic (exact) mass is 276 g/mol. The van der Waals surface area contributed by atoms with Crippen molar-refractivity contribution in [3.05, 3.63) is 24.2 Å². The lowest BCUT2D eigenvalue weighted by molar-refractivity contribution is 0.0508. The minimum absolute atomic E-state index is 0.481. The van der Waals surface area contributed by atoms with Gasteiger partial charge in [-0.15, -0.1) is 0 Å². The smallest absolute Gasteiger partial charge is 0.0947 e. The number of piperazine rings is 1. The Hall–Kier alpha value is -0.840. The molecule has 3 heterocycles. The van der Waals surface area contributed by atoms with Crippen LogP contribution in [0.25, 0.3) is 0 Å². The lowest BCUT2D eigenvalue weighted by Gasteiger charge is -2.37. The third kappa shape index (κ3) is 2.92. The minimum atomic E-state index is 0.481. The molecular weight excluding hydrogens is 252 g/mol. The van der Waals surface area contributed by atoms with Crippen LogP contribution >= 0.6 is 0 Å². The summed E-state index contributed by atoms with van der Waals surface area (Å²) in [5.74, 6) is 0.880.